The molecule has 1 aromatic rings. The van der Waals surface area contributed by atoms with E-state index < -0.39 is 0 Å². The average molecular weight is 251 g/mol. The Hall–Kier alpha value is -1.39. The Bertz CT molecular complexity index is 349. The number of ether oxygens (including phenoxy) is 2. The van der Waals surface area contributed by atoms with Crippen LogP contribution in [0.4, 0.5) is 0 Å². The smallest absolute Gasteiger partial charge is 0.337 e. The van der Waals surface area contributed by atoms with Gasteiger partial charge in [-0.3, -0.25) is 0 Å². The van der Waals surface area contributed by atoms with Crippen molar-refractivity contribution in [3.05, 3.63) is 35.4 Å². The predicted molar refractivity (Wildman–Crippen MR) is 70.3 cm³/mol. The quantitative estimate of drug-likeness (QED) is 0.568. The molecule has 18 heavy (non-hydrogen) atoms. The number of hydrogen-bond donors (Lipinski definition) is 1. The number of nitrogens with two attached hydrogens (primary N) is 1. The first-order chi connectivity index (χ1) is 8.77. The molecule has 100 valence electrons. The topological polar surface area (TPSA) is 61.5 Å². The maximum absolute atomic E-state index is 11.2. The molecule has 0 aliphatic rings. The Morgan fingerprint density at radius 2 is 1.89 bits per heavy atom. The first-order valence-electron chi connectivity index (χ1n) is 6.23. The van der Waals surface area contributed by atoms with Crippen LogP contribution in [0.3, 0.4) is 0 Å². The van der Waals surface area contributed by atoms with Crippen molar-refractivity contribution in [1.29, 1.82) is 0 Å². The molecule has 0 radical (unpaired) electrons. The van der Waals surface area contributed by atoms with Crippen molar-refractivity contribution in [2.45, 2.75) is 25.9 Å². The van der Waals surface area contributed by atoms with Crippen molar-refractivity contribution in [2.24, 2.45) is 5.73 Å². The third kappa shape index (κ3) is 5.29. The van der Waals surface area contributed by atoms with Gasteiger partial charge in [-0.1, -0.05) is 12.1 Å². The van der Waals surface area contributed by atoms with Crippen molar-refractivity contribution in [3.8, 4) is 0 Å². The molecule has 0 fully saturated rings. The van der Waals surface area contributed by atoms with Crippen LogP contribution in [0.2, 0.25) is 0 Å². The van der Waals surface area contributed by atoms with Crippen LogP contribution < -0.4 is 5.73 Å². The van der Waals surface area contributed by atoms with Gasteiger partial charge in [0.25, 0.3) is 0 Å². The third-order valence-corrected chi connectivity index (χ3v) is 2.64. The van der Waals surface area contributed by atoms with Gasteiger partial charge in [0, 0.05) is 6.61 Å². The number of benzene rings is 1. The summed E-state index contributed by atoms with van der Waals surface area (Å²) in [5, 5.41) is 0. The van der Waals surface area contributed by atoms with E-state index in [0.29, 0.717) is 12.2 Å². The van der Waals surface area contributed by atoms with E-state index in [-0.39, 0.29) is 5.97 Å². The first-order valence-corrected chi connectivity index (χ1v) is 6.23. The van der Waals surface area contributed by atoms with E-state index in [1.54, 1.807) is 12.1 Å². The van der Waals surface area contributed by atoms with Crippen molar-refractivity contribution < 1.29 is 14.3 Å². The molecular weight excluding hydrogens is 230 g/mol. The highest BCUT2D eigenvalue weighted by Gasteiger charge is 2.03. The van der Waals surface area contributed by atoms with Gasteiger partial charge in [-0.25, -0.2) is 4.79 Å². The standard InChI is InChI=1S/C14H21NO3/c1-17-14(16)13-7-5-12(6-8-13)11-18-10-4-2-3-9-15/h5-8H,2-4,9-11,15H2,1H3. The Kier molecular flexibility index (Phi) is 7.06. The molecule has 0 amide bonds. The summed E-state index contributed by atoms with van der Waals surface area (Å²) < 4.78 is 10.2. The van der Waals surface area contributed by atoms with Gasteiger partial charge in [0.2, 0.25) is 0 Å². The zero-order chi connectivity index (χ0) is 13.2. The third-order valence-electron chi connectivity index (χ3n) is 2.64. The Balaban J connectivity index is 2.25. The Morgan fingerprint density at radius 1 is 1.17 bits per heavy atom. The molecular formula is C14H21NO3. The van der Waals surface area contributed by atoms with Gasteiger partial charge >= 0.3 is 5.97 Å². The zero-order valence-electron chi connectivity index (χ0n) is 10.9. The van der Waals surface area contributed by atoms with Crippen LogP contribution in [0.5, 0.6) is 0 Å². The van der Waals surface area contributed by atoms with E-state index in [2.05, 4.69) is 4.74 Å². The molecule has 4 heteroatoms. The molecule has 0 bridgehead atoms. The predicted octanol–water partition coefficient (Wildman–Crippen LogP) is 2.12. The van der Waals surface area contributed by atoms with E-state index >= 15 is 0 Å². The lowest BCUT2D eigenvalue weighted by atomic mass is 10.1. The summed E-state index contributed by atoms with van der Waals surface area (Å²) in [5.41, 5.74) is 7.02. The molecule has 0 spiro atoms. The second-order valence-corrected chi connectivity index (χ2v) is 4.09. The fourth-order valence-electron chi connectivity index (χ4n) is 1.57. The maximum atomic E-state index is 11.2. The molecule has 0 aliphatic heterocycles. The number of esters is 1. The average Bonchev–Trinajstić information content (AvgIpc) is 2.42. The van der Waals surface area contributed by atoms with Crippen LogP contribution in [-0.4, -0.2) is 26.2 Å². The molecule has 0 saturated heterocycles. The normalized spacial score (nSPS) is 10.3. The summed E-state index contributed by atoms with van der Waals surface area (Å²) in [4.78, 5) is 11.2. The molecule has 0 aromatic heterocycles. The number of methoxy groups -OCH3 is 1. The number of hydrogen-bond acceptors (Lipinski definition) is 4. The van der Waals surface area contributed by atoms with E-state index in [1.807, 2.05) is 12.1 Å². The Morgan fingerprint density at radius 3 is 2.50 bits per heavy atom. The molecule has 2 N–H and O–H groups in total. The van der Waals surface area contributed by atoms with Crippen molar-refractivity contribution in [1.82, 2.24) is 0 Å². The van der Waals surface area contributed by atoms with Gasteiger partial charge in [-0.05, 0) is 43.5 Å². The monoisotopic (exact) mass is 251 g/mol. The minimum absolute atomic E-state index is 0.316. The molecule has 0 unspecified atom stereocenters. The largest absolute Gasteiger partial charge is 0.465 e. The van der Waals surface area contributed by atoms with E-state index in [1.165, 1.54) is 7.11 Å². The lowest BCUT2D eigenvalue weighted by molar-refractivity contribution is 0.0600. The van der Waals surface area contributed by atoms with Gasteiger partial charge in [0.15, 0.2) is 0 Å². The minimum Gasteiger partial charge on any atom is -0.465 e. The number of carbonyl (C=O) groups is 1. The van der Waals surface area contributed by atoms with Gasteiger partial charge in [-0.2, -0.15) is 0 Å². The van der Waals surface area contributed by atoms with Crippen LogP contribution in [0.1, 0.15) is 35.2 Å². The second-order valence-electron chi connectivity index (χ2n) is 4.09. The van der Waals surface area contributed by atoms with Crippen LogP contribution >= 0.6 is 0 Å². The molecule has 1 aromatic carbocycles. The fourth-order valence-corrected chi connectivity index (χ4v) is 1.57. The molecule has 0 saturated carbocycles. The number of unbranched alkanes of at least 4 members (excludes halogenated alkanes) is 2. The molecule has 0 heterocycles. The molecule has 4 nitrogen and oxygen atoms in total. The molecule has 0 atom stereocenters. The summed E-state index contributed by atoms with van der Waals surface area (Å²) >= 11 is 0. The first kappa shape index (κ1) is 14.7. The highest BCUT2D eigenvalue weighted by atomic mass is 16.5. The van der Waals surface area contributed by atoms with Crippen LogP contribution in [0.15, 0.2) is 24.3 Å². The van der Waals surface area contributed by atoms with Gasteiger partial charge < -0.3 is 15.2 Å². The Labute approximate surface area is 108 Å². The van der Waals surface area contributed by atoms with E-state index in [0.717, 1.165) is 38.0 Å². The summed E-state index contributed by atoms with van der Waals surface area (Å²) in [6.45, 7) is 2.07. The van der Waals surface area contributed by atoms with Crippen molar-refractivity contribution in [2.75, 3.05) is 20.3 Å². The van der Waals surface area contributed by atoms with Gasteiger partial charge in [0.1, 0.15) is 0 Å². The second kappa shape index (κ2) is 8.66. The molecule has 1 rings (SSSR count). The van der Waals surface area contributed by atoms with Crippen LogP contribution in [-0.2, 0) is 16.1 Å². The molecule has 0 aliphatic carbocycles. The fraction of sp³-hybridized carbons (Fsp3) is 0.500. The maximum Gasteiger partial charge on any atom is 0.337 e. The highest BCUT2D eigenvalue weighted by Crippen LogP contribution is 2.07. The lowest BCUT2D eigenvalue weighted by Crippen LogP contribution is -2.02. The number of carbonyl (C=O) groups excluding carboxylic acids is 1. The summed E-state index contributed by atoms with van der Waals surface area (Å²) in [7, 11) is 1.38. The van der Waals surface area contributed by atoms with Crippen LogP contribution in [0.25, 0.3) is 0 Å². The minimum atomic E-state index is -0.316. The number of rotatable bonds is 8. The van der Waals surface area contributed by atoms with Crippen molar-refractivity contribution >= 4 is 5.97 Å². The van der Waals surface area contributed by atoms with E-state index in [9.17, 15) is 4.79 Å². The highest BCUT2D eigenvalue weighted by molar-refractivity contribution is 5.89. The lowest BCUT2D eigenvalue weighted by Gasteiger charge is -2.05. The SMILES string of the molecule is COC(=O)c1ccc(COCCCCCN)cc1. The van der Waals surface area contributed by atoms with Crippen LogP contribution in [0, 0.1) is 0 Å². The van der Waals surface area contributed by atoms with Gasteiger partial charge in [-0.15, -0.1) is 0 Å². The van der Waals surface area contributed by atoms with E-state index in [4.69, 9.17) is 10.5 Å². The van der Waals surface area contributed by atoms with Gasteiger partial charge in [0.05, 0.1) is 19.3 Å². The zero-order valence-corrected chi connectivity index (χ0v) is 10.9. The summed E-state index contributed by atoms with van der Waals surface area (Å²) in [5.74, 6) is -0.316. The van der Waals surface area contributed by atoms with Crippen molar-refractivity contribution in [3.63, 3.8) is 0 Å². The summed E-state index contributed by atoms with van der Waals surface area (Å²) in [6.07, 6.45) is 3.20. The summed E-state index contributed by atoms with van der Waals surface area (Å²) in [6, 6.07) is 7.26.